The van der Waals surface area contributed by atoms with E-state index in [0.29, 0.717) is 5.01 Å². The van der Waals surface area contributed by atoms with E-state index in [1.54, 1.807) is 25.3 Å². The Hall–Kier alpha value is -1.55. The van der Waals surface area contributed by atoms with Gasteiger partial charge in [0.15, 0.2) is 5.03 Å². The molecule has 2 aromatic rings. The van der Waals surface area contributed by atoms with E-state index in [9.17, 15) is 8.42 Å². The summed E-state index contributed by atoms with van der Waals surface area (Å²) in [4.78, 5) is 9.23. The average Bonchev–Trinajstić information content (AvgIpc) is 2.96. The molecule has 114 valence electrons. The fourth-order valence-corrected chi connectivity index (χ4v) is 3.98. The molecule has 1 atom stereocenters. The fraction of sp³-hybridized carbons (Fsp3) is 0.333. The minimum Gasteiger partial charge on any atom is -0.321 e. The number of hydrazine groups is 1. The standard InChI is InChI=1S/C12H17N5O2S2/c1-3-9-7-15-11(20-9)8(2)17-21(18,19)12-10(16-13)5-4-6-14-12/h4-8,16-17H,3,13H2,1-2H3. The second kappa shape index (κ2) is 6.48. The van der Waals surface area contributed by atoms with E-state index in [1.807, 2.05) is 6.92 Å². The highest BCUT2D eigenvalue weighted by molar-refractivity contribution is 7.89. The van der Waals surface area contributed by atoms with Crippen molar-refractivity contribution in [3.63, 3.8) is 0 Å². The Morgan fingerprint density at radius 3 is 2.81 bits per heavy atom. The maximum atomic E-state index is 12.4. The zero-order chi connectivity index (χ0) is 15.5. The molecule has 0 aliphatic rings. The molecular weight excluding hydrogens is 310 g/mol. The number of aryl methyl sites for hydroxylation is 1. The Bertz CT molecular complexity index is 714. The third kappa shape index (κ3) is 3.56. The highest BCUT2D eigenvalue weighted by Gasteiger charge is 2.24. The van der Waals surface area contributed by atoms with E-state index in [2.05, 4.69) is 20.1 Å². The summed E-state index contributed by atoms with van der Waals surface area (Å²) >= 11 is 1.49. The summed E-state index contributed by atoms with van der Waals surface area (Å²) in [7, 11) is -3.78. The van der Waals surface area contributed by atoms with Crippen LogP contribution in [0.1, 0.15) is 29.8 Å². The Labute approximate surface area is 127 Å². The first-order valence-corrected chi connectivity index (χ1v) is 8.66. The zero-order valence-electron chi connectivity index (χ0n) is 11.7. The van der Waals surface area contributed by atoms with Crippen LogP contribution in [0.5, 0.6) is 0 Å². The molecular formula is C12H17N5O2S2. The highest BCUT2D eigenvalue weighted by Crippen LogP contribution is 2.23. The second-order valence-electron chi connectivity index (χ2n) is 4.36. The largest absolute Gasteiger partial charge is 0.321 e. The number of sulfonamides is 1. The predicted octanol–water partition coefficient (Wildman–Crippen LogP) is 1.43. The second-order valence-corrected chi connectivity index (χ2v) is 7.14. The number of thiazole rings is 1. The zero-order valence-corrected chi connectivity index (χ0v) is 13.3. The van der Waals surface area contributed by atoms with Crippen molar-refractivity contribution in [2.45, 2.75) is 31.3 Å². The van der Waals surface area contributed by atoms with Gasteiger partial charge in [0.2, 0.25) is 0 Å². The number of nitrogens with two attached hydrogens (primary N) is 1. The van der Waals surface area contributed by atoms with Crippen LogP contribution in [0.25, 0.3) is 0 Å². The van der Waals surface area contributed by atoms with Crippen LogP contribution in [0.3, 0.4) is 0 Å². The quantitative estimate of drug-likeness (QED) is 0.547. The molecule has 1 unspecified atom stereocenters. The van der Waals surface area contributed by atoms with Gasteiger partial charge in [-0.3, -0.25) is 5.84 Å². The average molecular weight is 327 g/mol. The molecule has 0 saturated carbocycles. The number of hydrogen-bond donors (Lipinski definition) is 3. The Morgan fingerprint density at radius 1 is 1.43 bits per heavy atom. The summed E-state index contributed by atoms with van der Waals surface area (Å²) < 4.78 is 27.3. The Balaban J connectivity index is 2.24. The van der Waals surface area contributed by atoms with Gasteiger partial charge >= 0.3 is 0 Å². The lowest BCUT2D eigenvalue weighted by Crippen LogP contribution is -2.28. The van der Waals surface area contributed by atoms with Gasteiger partial charge in [0.1, 0.15) is 5.01 Å². The molecule has 2 aromatic heterocycles. The molecule has 0 spiro atoms. The van der Waals surface area contributed by atoms with Crippen LogP contribution in [0, 0.1) is 0 Å². The van der Waals surface area contributed by atoms with Gasteiger partial charge in [-0.05, 0) is 25.5 Å². The summed E-state index contributed by atoms with van der Waals surface area (Å²) in [5, 5.41) is 0.584. The molecule has 0 saturated heterocycles. The van der Waals surface area contributed by atoms with Gasteiger partial charge in [0, 0.05) is 17.3 Å². The molecule has 0 amide bonds. The Morgan fingerprint density at radius 2 is 2.19 bits per heavy atom. The molecule has 21 heavy (non-hydrogen) atoms. The number of nitrogens with zero attached hydrogens (tertiary/aromatic N) is 2. The van der Waals surface area contributed by atoms with Crippen LogP contribution in [0.4, 0.5) is 5.69 Å². The van der Waals surface area contributed by atoms with Crippen LogP contribution in [0.15, 0.2) is 29.6 Å². The maximum Gasteiger partial charge on any atom is 0.260 e. The van der Waals surface area contributed by atoms with Crippen LogP contribution >= 0.6 is 11.3 Å². The molecule has 0 aromatic carbocycles. The van der Waals surface area contributed by atoms with Crippen LogP contribution in [0.2, 0.25) is 0 Å². The van der Waals surface area contributed by atoms with E-state index in [0.717, 1.165) is 11.3 Å². The van der Waals surface area contributed by atoms with E-state index in [-0.39, 0.29) is 10.7 Å². The van der Waals surface area contributed by atoms with Crippen molar-refractivity contribution >= 4 is 27.0 Å². The van der Waals surface area contributed by atoms with E-state index in [1.165, 1.54) is 17.5 Å². The molecule has 4 N–H and O–H groups in total. The van der Waals surface area contributed by atoms with Gasteiger partial charge in [-0.25, -0.2) is 23.1 Å². The smallest absolute Gasteiger partial charge is 0.260 e. The first-order valence-electron chi connectivity index (χ1n) is 6.36. The van der Waals surface area contributed by atoms with Gasteiger partial charge < -0.3 is 5.43 Å². The fourth-order valence-electron chi connectivity index (χ4n) is 1.74. The van der Waals surface area contributed by atoms with Gasteiger partial charge in [-0.1, -0.05) is 6.92 Å². The van der Waals surface area contributed by atoms with Crippen molar-refractivity contribution in [2.24, 2.45) is 5.84 Å². The van der Waals surface area contributed by atoms with Crippen molar-refractivity contribution in [1.82, 2.24) is 14.7 Å². The molecule has 0 fully saturated rings. The number of nitrogens with one attached hydrogen (secondary N) is 2. The van der Waals surface area contributed by atoms with Gasteiger partial charge in [-0.2, -0.15) is 0 Å². The summed E-state index contributed by atoms with van der Waals surface area (Å²) in [5.41, 5.74) is 2.57. The molecule has 0 aliphatic heterocycles. The monoisotopic (exact) mass is 327 g/mol. The number of anilines is 1. The highest BCUT2D eigenvalue weighted by atomic mass is 32.2. The summed E-state index contributed by atoms with van der Waals surface area (Å²) in [5.74, 6) is 5.32. The lowest BCUT2D eigenvalue weighted by atomic mass is 10.4. The van der Waals surface area contributed by atoms with Gasteiger partial charge in [0.25, 0.3) is 10.0 Å². The lowest BCUT2D eigenvalue weighted by Gasteiger charge is -2.13. The lowest BCUT2D eigenvalue weighted by molar-refractivity contribution is 0.563. The normalized spacial score (nSPS) is 13.1. The summed E-state index contributed by atoms with van der Waals surface area (Å²) in [6.45, 7) is 3.77. The topological polar surface area (TPSA) is 110 Å². The first-order chi connectivity index (χ1) is 9.97. The first kappa shape index (κ1) is 15.8. The minimum absolute atomic E-state index is 0.133. The van der Waals surface area contributed by atoms with Crippen LogP contribution in [-0.2, 0) is 16.4 Å². The number of pyridine rings is 1. The third-order valence-electron chi connectivity index (χ3n) is 2.80. The Kier molecular flexibility index (Phi) is 4.88. The minimum atomic E-state index is -3.78. The predicted molar refractivity (Wildman–Crippen MR) is 82.3 cm³/mol. The summed E-state index contributed by atoms with van der Waals surface area (Å²) in [6, 6.07) is 2.71. The third-order valence-corrected chi connectivity index (χ3v) is 5.63. The van der Waals surface area contributed by atoms with Crippen molar-refractivity contribution < 1.29 is 8.42 Å². The van der Waals surface area contributed by atoms with Crippen molar-refractivity contribution in [1.29, 1.82) is 0 Å². The molecule has 0 aliphatic carbocycles. The van der Waals surface area contributed by atoms with Crippen LogP contribution in [-0.4, -0.2) is 18.4 Å². The number of nitrogen functional groups attached to an aromatic ring is 1. The van der Waals surface area contributed by atoms with Crippen molar-refractivity contribution in [3.05, 3.63) is 34.4 Å². The molecule has 2 rings (SSSR count). The molecule has 9 heteroatoms. The molecule has 0 bridgehead atoms. The van der Waals surface area contributed by atoms with Crippen molar-refractivity contribution in [3.8, 4) is 0 Å². The van der Waals surface area contributed by atoms with E-state index in [4.69, 9.17) is 5.84 Å². The summed E-state index contributed by atoms with van der Waals surface area (Å²) in [6.07, 6.45) is 4.04. The van der Waals surface area contributed by atoms with E-state index >= 15 is 0 Å². The number of aromatic nitrogens is 2. The molecule has 0 radical (unpaired) electrons. The number of hydrogen-bond acceptors (Lipinski definition) is 7. The molecule has 7 nitrogen and oxygen atoms in total. The van der Waals surface area contributed by atoms with E-state index < -0.39 is 16.1 Å². The van der Waals surface area contributed by atoms with Gasteiger partial charge in [-0.15, -0.1) is 11.3 Å². The van der Waals surface area contributed by atoms with Crippen molar-refractivity contribution in [2.75, 3.05) is 5.43 Å². The number of rotatable bonds is 6. The molecule has 2 heterocycles. The van der Waals surface area contributed by atoms with Gasteiger partial charge in [0.05, 0.1) is 11.7 Å². The maximum absolute atomic E-state index is 12.4. The SMILES string of the molecule is CCc1cnc(C(C)NS(=O)(=O)c2ncccc2NN)s1. The van der Waals surface area contributed by atoms with Crippen LogP contribution < -0.4 is 16.0 Å².